The largest absolute Gasteiger partial charge is 0.398 e. The average Bonchev–Trinajstić information content (AvgIpc) is 2.35. The first kappa shape index (κ1) is 16.7. The maximum atomic E-state index is 11.6. The summed E-state index contributed by atoms with van der Waals surface area (Å²) >= 11 is 7.04. The van der Waals surface area contributed by atoms with Crippen molar-refractivity contribution in [2.45, 2.75) is 18.7 Å². The SMILES string of the molecule is CC(C)CNC(=O)NC(=O)CSc1ccc(Cl)cc1N. The molecule has 0 aliphatic heterocycles. The number of hydrogen-bond acceptors (Lipinski definition) is 4. The number of halogens is 1. The first-order chi connectivity index (χ1) is 9.38. The highest BCUT2D eigenvalue weighted by Gasteiger charge is 2.09. The van der Waals surface area contributed by atoms with Crippen LogP contribution in [0.1, 0.15) is 13.8 Å². The second-order valence-corrected chi connectivity index (χ2v) is 6.08. The summed E-state index contributed by atoms with van der Waals surface area (Å²) in [5.41, 5.74) is 6.29. The van der Waals surface area contributed by atoms with Gasteiger partial charge >= 0.3 is 6.03 Å². The highest BCUT2D eigenvalue weighted by Crippen LogP contribution is 2.27. The number of carbonyl (C=O) groups is 2. The van der Waals surface area contributed by atoms with Gasteiger partial charge in [0.15, 0.2) is 0 Å². The summed E-state index contributed by atoms with van der Waals surface area (Å²) in [7, 11) is 0. The molecule has 0 saturated heterocycles. The Balaban J connectivity index is 2.38. The summed E-state index contributed by atoms with van der Waals surface area (Å²) in [6.07, 6.45) is 0. The molecule has 0 spiro atoms. The third-order valence-corrected chi connectivity index (χ3v) is 3.58. The number of carbonyl (C=O) groups excluding carboxylic acids is 2. The number of nitrogens with one attached hydrogen (secondary N) is 2. The Morgan fingerprint density at radius 2 is 2.10 bits per heavy atom. The van der Waals surface area contributed by atoms with Crippen LogP contribution in [0.15, 0.2) is 23.1 Å². The summed E-state index contributed by atoms with van der Waals surface area (Å²) in [6, 6.07) is 4.59. The van der Waals surface area contributed by atoms with Gasteiger partial charge < -0.3 is 11.1 Å². The van der Waals surface area contributed by atoms with Crippen LogP contribution in [0.4, 0.5) is 10.5 Å². The Labute approximate surface area is 127 Å². The Morgan fingerprint density at radius 3 is 2.70 bits per heavy atom. The highest BCUT2D eigenvalue weighted by atomic mass is 35.5. The van der Waals surface area contributed by atoms with Gasteiger partial charge in [0, 0.05) is 22.2 Å². The number of anilines is 1. The standard InChI is InChI=1S/C13H18ClN3O2S/c1-8(2)6-16-13(19)17-12(18)7-20-11-4-3-9(14)5-10(11)15/h3-5,8H,6-7,15H2,1-2H3,(H2,16,17,18,19). The summed E-state index contributed by atoms with van der Waals surface area (Å²) in [5, 5.41) is 5.41. The van der Waals surface area contributed by atoms with Crippen LogP contribution >= 0.6 is 23.4 Å². The van der Waals surface area contributed by atoms with Crippen LogP contribution in [0.5, 0.6) is 0 Å². The Bertz CT molecular complexity index is 495. The van der Waals surface area contributed by atoms with Crippen LogP contribution in [0, 0.1) is 5.92 Å². The van der Waals surface area contributed by atoms with Crippen LogP contribution in [0.2, 0.25) is 5.02 Å². The number of rotatable bonds is 5. The van der Waals surface area contributed by atoms with E-state index in [1.54, 1.807) is 18.2 Å². The zero-order valence-corrected chi connectivity index (χ0v) is 13.0. The third kappa shape index (κ3) is 6.16. The van der Waals surface area contributed by atoms with E-state index in [2.05, 4.69) is 10.6 Å². The number of nitrogens with two attached hydrogens (primary N) is 1. The van der Waals surface area contributed by atoms with Crippen molar-refractivity contribution in [1.82, 2.24) is 10.6 Å². The normalized spacial score (nSPS) is 10.4. The number of hydrogen-bond donors (Lipinski definition) is 3. The Morgan fingerprint density at radius 1 is 1.40 bits per heavy atom. The lowest BCUT2D eigenvalue weighted by atomic mass is 10.2. The van der Waals surface area contributed by atoms with Crippen molar-refractivity contribution >= 4 is 41.0 Å². The van der Waals surface area contributed by atoms with Gasteiger partial charge in [0.1, 0.15) is 0 Å². The molecule has 0 heterocycles. The fraction of sp³-hybridized carbons (Fsp3) is 0.385. The number of benzene rings is 1. The smallest absolute Gasteiger partial charge is 0.321 e. The molecule has 0 aromatic heterocycles. The second kappa shape index (κ2) is 8.01. The first-order valence-electron chi connectivity index (χ1n) is 6.14. The molecule has 1 aromatic rings. The fourth-order valence-electron chi connectivity index (χ4n) is 1.30. The number of amides is 3. The minimum atomic E-state index is -0.478. The molecule has 0 unspecified atom stereocenters. The van der Waals surface area contributed by atoms with Crippen molar-refractivity contribution in [3.63, 3.8) is 0 Å². The van der Waals surface area contributed by atoms with Gasteiger partial charge in [-0.3, -0.25) is 10.1 Å². The molecule has 3 amide bonds. The van der Waals surface area contributed by atoms with Gasteiger partial charge in [0.2, 0.25) is 5.91 Å². The Kier molecular flexibility index (Phi) is 6.67. The van der Waals surface area contributed by atoms with Crippen molar-refractivity contribution in [3.8, 4) is 0 Å². The number of urea groups is 1. The lowest BCUT2D eigenvalue weighted by molar-refractivity contribution is -0.117. The molecule has 20 heavy (non-hydrogen) atoms. The molecular weight excluding hydrogens is 298 g/mol. The lowest BCUT2D eigenvalue weighted by Gasteiger charge is -2.09. The minimum absolute atomic E-state index is 0.112. The summed E-state index contributed by atoms with van der Waals surface area (Å²) in [4.78, 5) is 23.7. The predicted octanol–water partition coefficient (Wildman–Crippen LogP) is 2.50. The second-order valence-electron chi connectivity index (χ2n) is 4.62. The van der Waals surface area contributed by atoms with Gasteiger partial charge in [-0.2, -0.15) is 0 Å². The van der Waals surface area contributed by atoms with Gasteiger partial charge in [-0.05, 0) is 24.1 Å². The lowest BCUT2D eigenvalue weighted by Crippen LogP contribution is -2.41. The molecule has 0 saturated carbocycles. The van der Waals surface area contributed by atoms with E-state index in [0.29, 0.717) is 23.2 Å². The van der Waals surface area contributed by atoms with Crippen molar-refractivity contribution in [3.05, 3.63) is 23.2 Å². The van der Waals surface area contributed by atoms with E-state index in [9.17, 15) is 9.59 Å². The van der Waals surface area contributed by atoms with Crippen LogP contribution in [-0.4, -0.2) is 24.2 Å². The Hall–Kier alpha value is -1.40. The number of thioether (sulfide) groups is 1. The summed E-state index contributed by atoms with van der Waals surface area (Å²) < 4.78 is 0. The first-order valence-corrected chi connectivity index (χ1v) is 7.50. The highest BCUT2D eigenvalue weighted by molar-refractivity contribution is 8.00. The number of nitrogen functional groups attached to an aromatic ring is 1. The molecule has 110 valence electrons. The molecule has 0 atom stereocenters. The quantitative estimate of drug-likeness (QED) is 0.576. The molecule has 1 aromatic carbocycles. The average molecular weight is 316 g/mol. The molecule has 1 rings (SSSR count). The predicted molar refractivity (Wildman–Crippen MR) is 83.0 cm³/mol. The summed E-state index contributed by atoms with van der Waals surface area (Å²) in [5.74, 6) is 0.0747. The topological polar surface area (TPSA) is 84.2 Å². The van der Waals surface area contributed by atoms with Gasteiger partial charge in [-0.1, -0.05) is 25.4 Å². The van der Waals surface area contributed by atoms with Crippen molar-refractivity contribution in [2.24, 2.45) is 5.92 Å². The van der Waals surface area contributed by atoms with E-state index in [-0.39, 0.29) is 11.7 Å². The monoisotopic (exact) mass is 315 g/mol. The third-order valence-electron chi connectivity index (χ3n) is 2.25. The van der Waals surface area contributed by atoms with E-state index >= 15 is 0 Å². The fourth-order valence-corrected chi connectivity index (χ4v) is 2.23. The summed E-state index contributed by atoms with van der Waals surface area (Å²) in [6.45, 7) is 4.47. The zero-order chi connectivity index (χ0) is 15.1. The zero-order valence-electron chi connectivity index (χ0n) is 11.4. The van der Waals surface area contributed by atoms with Gasteiger partial charge in [0.05, 0.1) is 5.75 Å². The molecule has 0 aliphatic carbocycles. The van der Waals surface area contributed by atoms with E-state index in [4.69, 9.17) is 17.3 Å². The van der Waals surface area contributed by atoms with Crippen LogP contribution in [0.3, 0.4) is 0 Å². The van der Waals surface area contributed by atoms with Gasteiger partial charge in [-0.15, -0.1) is 11.8 Å². The van der Waals surface area contributed by atoms with Gasteiger partial charge in [-0.25, -0.2) is 4.79 Å². The van der Waals surface area contributed by atoms with E-state index < -0.39 is 6.03 Å². The molecule has 5 nitrogen and oxygen atoms in total. The van der Waals surface area contributed by atoms with E-state index in [1.807, 2.05) is 13.8 Å². The molecule has 0 fully saturated rings. The molecule has 7 heteroatoms. The molecule has 0 aliphatic rings. The molecule has 0 bridgehead atoms. The number of imide groups is 1. The van der Waals surface area contributed by atoms with E-state index in [1.165, 1.54) is 11.8 Å². The van der Waals surface area contributed by atoms with Crippen LogP contribution in [-0.2, 0) is 4.79 Å². The van der Waals surface area contributed by atoms with Gasteiger partial charge in [0.25, 0.3) is 0 Å². The van der Waals surface area contributed by atoms with Crippen molar-refractivity contribution in [2.75, 3.05) is 18.0 Å². The van der Waals surface area contributed by atoms with Crippen LogP contribution in [0.25, 0.3) is 0 Å². The van der Waals surface area contributed by atoms with Crippen molar-refractivity contribution < 1.29 is 9.59 Å². The minimum Gasteiger partial charge on any atom is -0.398 e. The maximum absolute atomic E-state index is 11.6. The van der Waals surface area contributed by atoms with Crippen molar-refractivity contribution in [1.29, 1.82) is 0 Å². The van der Waals surface area contributed by atoms with E-state index in [0.717, 1.165) is 4.90 Å². The maximum Gasteiger partial charge on any atom is 0.321 e. The van der Waals surface area contributed by atoms with Crippen LogP contribution < -0.4 is 16.4 Å². The molecular formula is C13H18ClN3O2S. The molecule has 4 N–H and O–H groups in total. The molecule has 0 radical (unpaired) electrons.